The number of thioether (sulfide) groups is 1. The molecule has 2 rings (SSSR count). The van der Waals surface area contributed by atoms with E-state index in [4.69, 9.17) is 23.2 Å². The van der Waals surface area contributed by atoms with E-state index < -0.39 is 0 Å². The van der Waals surface area contributed by atoms with Crippen LogP contribution in [0.25, 0.3) is 0 Å². The van der Waals surface area contributed by atoms with Gasteiger partial charge in [0.1, 0.15) is 0 Å². The molecule has 0 aliphatic carbocycles. The number of carbonyl (C=O) groups excluding carboxylic acids is 1. The fraction of sp³-hybridized carbons (Fsp3) is 0.462. The number of nitrogens with zero attached hydrogens (tertiary/aromatic N) is 5. The number of rotatable bonds is 4. The quantitative estimate of drug-likeness (QED) is 0.827. The molecule has 10 heteroatoms. The highest BCUT2D eigenvalue weighted by atomic mass is 35.5. The largest absolute Gasteiger partial charge is 0.309 e. The highest BCUT2D eigenvalue weighted by Crippen LogP contribution is 2.26. The first-order valence-electron chi connectivity index (χ1n) is 6.72. The number of aryl methyl sites for hydroxylation is 1. The van der Waals surface area contributed by atoms with Gasteiger partial charge in [0.2, 0.25) is 11.1 Å². The molecule has 7 nitrogen and oxygen atoms in total. The summed E-state index contributed by atoms with van der Waals surface area (Å²) in [5.41, 5.74) is 0.330. The molecule has 0 aliphatic rings. The molecule has 0 spiro atoms. The van der Waals surface area contributed by atoms with Crippen molar-refractivity contribution in [1.29, 1.82) is 0 Å². The van der Waals surface area contributed by atoms with Crippen molar-refractivity contribution in [3.63, 3.8) is 0 Å². The van der Waals surface area contributed by atoms with Crippen molar-refractivity contribution >= 4 is 46.7 Å². The highest BCUT2D eigenvalue weighted by molar-refractivity contribution is 7.99. The summed E-state index contributed by atoms with van der Waals surface area (Å²) in [6, 6.07) is 1.55. The Hall–Kier alpha value is -1.38. The third-order valence-corrected chi connectivity index (χ3v) is 4.36. The van der Waals surface area contributed by atoms with Crippen LogP contribution in [0.15, 0.2) is 11.2 Å². The second-order valence-electron chi connectivity index (χ2n) is 5.77. The Labute approximate surface area is 148 Å². The fourth-order valence-corrected chi connectivity index (χ4v) is 2.90. The lowest BCUT2D eigenvalue weighted by Crippen LogP contribution is -2.24. The number of aromatic nitrogens is 5. The molecule has 1 N–H and O–H groups in total. The van der Waals surface area contributed by atoms with Crippen LogP contribution >= 0.6 is 35.0 Å². The SMILES string of the molecule is Cc1nc(NC(=O)CSc2nnnn2C(C)(C)C)c(Cl)cc1Cl. The van der Waals surface area contributed by atoms with Gasteiger partial charge >= 0.3 is 0 Å². The van der Waals surface area contributed by atoms with E-state index in [0.29, 0.717) is 20.9 Å². The number of amides is 1. The average Bonchev–Trinajstić information content (AvgIpc) is 2.91. The smallest absolute Gasteiger partial charge is 0.236 e. The monoisotopic (exact) mass is 374 g/mol. The first-order valence-corrected chi connectivity index (χ1v) is 8.47. The summed E-state index contributed by atoms with van der Waals surface area (Å²) in [4.78, 5) is 16.2. The minimum absolute atomic E-state index is 0.135. The normalized spacial score (nSPS) is 11.6. The minimum atomic E-state index is -0.263. The lowest BCUT2D eigenvalue weighted by molar-refractivity contribution is -0.113. The molecule has 2 aromatic heterocycles. The van der Waals surface area contributed by atoms with E-state index in [9.17, 15) is 4.79 Å². The van der Waals surface area contributed by atoms with Crippen LogP contribution in [-0.2, 0) is 10.3 Å². The van der Waals surface area contributed by atoms with Gasteiger partial charge in [0.15, 0.2) is 5.82 Å². The molecule has 0 bridgehead atoms. The first-order chi connectivity index (χ1) is 10.7. The Morgan fingerprint density at radius 1 is 1.35 bits per heavy atom. The predicted octanol–water partition coefficient (Wildman–Crippen LogP) is 3.17. The Bertz CT molecular complexity index is 728. The molecule has 2 aromatic rings. The second-order valence-corrected chi connectivity index (χ2v) is 7.52. The van der Waals surface area contributed by atoms with Gasteiger partial charge in [-0.25, -0.2) is 9.67 Å². The molecular formula is C13H16Cl2N6OS. The van der Waals surface area contributed by atoms with Crippen molar-refractivity contribution < 1.29 is 4.79 Å². The van der Waals surface area contributed by atoms with Crippen LogP contribution in [0.1, 0.15) is 26.5 Å². The summed E-state index contributed by atoms with van der Waals surface area (Å²) in [6.45, 7) is 7.68. The molecular weight excluding hydrogens is 359 g/mol. The maximum atomic E-state index is 12.1. The minimum Gasteiger partial charge on any atom is -0.309 e. The van der Waals surface area contributed by atoms with Crippen molar-refractivity contribution in [1.82, 2.24) is 25.2 Å². The van der Waals surface area contributed by atoms with Gasteiger partial charge in [-0.15, -0.1) is 5.10 Å². The first kappa shape index (κ1) is 18.0. The number of pyridine rings is 1. The van der Waals surface area contributed by atoms with Crippen molar-refractivity contribution in [3.8, 4) is 0 Å². The summed E-state index contributed by atoms with van der Waals surface area (Å²) in [5, 5.41) is 15.5. The van der Waals surface area contributed by atoms with Crippen LogP contribution in [0.4, 0.5) is 5.82 Å². The zero-order chi connectivity index (χ0) is 17.2. The Balaban J connectivity index is 2.02. The van der Waals surface area contributed by atoms with Crippen LogP contribution < -0.4 is 5.32 Å². The number of hydrogen-bond acceptors (Lipinski definition) is 6. The molecule has 0 saturated carbocycles. The molecule has 0 saturated heterocycles. The van der Waals surface area contributed by atoms with Crippen LogP contribution in [0.5, 0.6) is 0 Å². The maximum Gasteiger partial charge on any atom is 0.236 e. The fourth-order valence-electron chi connectivity index (χ4n) is 1.63. The van der Waals surface area contributed by atoms with Gasteiger partial charge in [0.25, 0.3) is 0 Å². The third kappa shape index (κ3) is 4.55. The van der Waals surface area contributed by atoms with E-state index in [1.165, 1.54) is 11.8 Å². The van der Waals surface area contributed by atoms with E-state index in [2.05, 4.69) is 25.8 Å². The van der Waals surface area contributed by atoms with Crippen molar-refractivity contribution in [2.75, 3.05) is 11.1 Å². The van der Waals surface area contributed by atoms with Crippen molar-refractivity contribution in [3.05, 3.63) is 21.8 Å². The highest BCUT2D eigenvalue weighted by Gasteiger charge is 2.21. The topological polar surface area (TPSA) is 85.6 Å². The lowest BCUT2D eigenvalue weighted by Gasteiger charge is -2.19. The molecule has 23 heavy (non-hydrogen) atoms. The molecule has 0 aliphatic heterocycles. The number of tetrazole rings is 1. The summed E-state index contributed by atoms with van der Waals surface area (Å²) < 4.78 is 1.67. The van der Waals surface area contributed by atoms with Crippen LogP contribution in [0.2, 0.25) is 10.0 Å². The van der Waals surface area contributed by atoms with Gasteiger partial charge in [-0.05, 0) is 44.2 Å². The summed E-state index contributed by atoms with van der Waals surface area (Å²) in [6.07, 6.45) is 0. The molecule has 0 aromatic carbocycles. The van der Waals surface area contributed by atoms with E-state index >= 15 is 0 Å². The number of carbonyl (C=O) groups is 1. The molecule has 124 valence electrons. The van der Waals surface area contributed by atoms with Crippen molar-refractivity contribution in [2.24, 2.45) is 0 Å². The van der Waals surface area contributed by atoms with Crippen molar-refractivity contribution in [2.45, 2.75) is 38.4 Å². The Kier molecular flexibility index (Phi) is 5.49. The van der Waals surface area contributed by atoms with Gasteiger partial charge < -0.3 is 5.32 Å². The van der Waals surface area contributed by atoms with Crippen LogP contribution in [0.3, 0.4) is 0 Å². The number of nitrogens with one attached hydrogen (secondary N) is 1. The summed E-state index contributed by atoms with van der Waals surface area (Å²) in [5.74, 6) is 0.167. The van der Waals surface area contributed by atoms with Gasteiger partial charge in [-0.3, -0.25) is 4.79 Å². The third-order valence-electron chi connectivity index (χ3n) is 2.77. The molecule has 0 unspecified atom stereocenters. The number of halogens is 2. The number of hydrogen-bond donors (Lipinski definition) is 1. The number of anilines is 1. The molecule has 1 amide bonds. The van der Waals surface area contributed by atoms with E-state index in [1.54, 1.807) is 17.7 Å². The van der Waals surface area contributed by atoms with Gasteiger partial charge in [0.05, 0.1) is 27.0 Å². The van der Waals surface area contributed by atoms with Crippen LogP contribution in [-0.4, -0.2) is 36.9 Å². The zero-order valence-electron chi connectivity index (χ0n) is 13.1. The Morgan fingerprint density at radius 2 is 2.04 bits per heavy atom. The van der Waals surface area contributed by atoms with E-state index in [0.717, 1.165) is 0 Å². The lowest BCUT2D eigenvalue weighted by atomic mass is 10.1. The summed E-state index contributed by atoms with van der Waals surface area (Å²) in [7, 11) is 0. The van der Waals surface area contributed by atoms with Crippen LogP contribution in [0, 0.1) is 6.92 Å². The second kappa shape index (κ2) is 7.02. The van der Waals surface area contributed by atoms with Gasteiger partial charge in [0, 0.05) is 0 Å². The summed E-state index contributed by atoms with van der Waals surface area (Å²) >= 11 is 13.2. The molecule has 0 fully saturated rings. The van der Waals surface area contributed by atoms with E-state index in [1.807, 2.05) is 20.8 Å². The molecule has 2 heterocycles. The maximum absolute atomic E-state index is 12.1. The van der Waals surface area contributed by atoms with Gasteiger partial charge in [-0.2, -0.15) is 0 Å². The van der Waals surface area contributed by atoms with E-state index in [-0.39, 0.29) is 23.0 Å². The molecule has 0 atom stereocenters. The predicted molar refractivity (Wildman–Crippen MR) is 91.2 cm³/mol. The zero-order valence-corrected chi connectivity index (χ0v) is 15.4. The standard InChI is InChI=1S/C13H16Cl2N6OS/c1-7-8(14)5-9(15)11(16-7)17-10(22)6-23-12-18-19-20-21(12)13(2,3)4/h5H,6H2,1-4H3,(H,16,17,22). The molecule has 0 radical (unpaired) electrons. The average molecular weight is 375 g/mol. The Morgan fingerprint density at radius 3 is 2.70 bits per heavy atom. The van der Waals surface area contributed by atoms with Gasteiger partial charge in [-0.1, -0.05) is 35.0 Å².